The molecule has 0 unspecified atom stereocenters. The van der Waals surface area contributed by atoms with E-state index in [0.717, 1.165) is 16.9 Å². The highest BCUT2D eigenvalue weighted by atomic mass is 32.2. The van der Waals surface area contributed by atoms with Gasteiger partial charge in [-0.05, 0) is 36.3 Å². The van der Waals surface area contributed by atoms with E-state index in [1.165, 1.54) is 22.2 Å². The van der Waals surface area contributed by atoms with Gasteiger partial charge in [-0.25, -0.2) is 0 Å². The molecule has 0 bridgehead atoms. The largest absolute Gasteiger partial charge is 0.489 e. The van der Waals surface area contributed by atoms with Gasteiger partial charge in [-0.1, -0.05) is 65.9 Å². The summed E-state index contributed by atoms with van der Waals surface area (Å²) in [5.41, 5.74) is 3.28. The first-order valence-electron chi connectivity index (χ1n) is 7.53. The minimum absolute atomic E-state index is 0.0593. The maximum atomic E-state index is 12.1. The maximum absolute atomic E-state index is 12.1. The summed E-state index contributed by atoms with van der Waals surface area (Å²) in [7, 11) is 1.69. The smallest absolute Gasteiger partial charge is 0.265 e. The molecular weight excluding hydrogens is 338 g/mol. The van der Waals surface area contributed by atoms with E-state index >= 15 is 0 Å². The summed E-state index contributed by atoms with van der Waals surface area (Å²) >= 11 is 6.47. The van der Waals surface area contributed by atoms with Crippen LogP contribution in [-0.2, 0) is 11.4 Å². The number of thioether (sulfide) groups is 1. The van der Waals surface area contributed by atoms with Crippen molar-refractivity contribution in [3.8, 4) is 5.75 Å². The first-order chi connectivity index (χ1) is 11.5. The van der Waals surface area contributed by atoms with Crippen LogP contribution in [0.2, 0.25) is 0 Å². The van der Waals surface area contributed by atoms with Crippen LogP contribution in [0.15, 0.2) is 53.4 Å². The highest BCUT2D eigenvalue weighted by Crippen LogP contribution is 2.31. The number of ether oxygens (including phenoxy) is 1. The zero-order valence-electron chi connectivity index (χ0n) is 13.5. The van der Waals surface area contributed by atoms with E-state index in [2.05, 4.69) is 31.2 Å². The molecule has 0 atom stereocenters. The van der Waals surface area contributed by atoms with Crippen molar-refractivity contribution in [3.05, 3.63) is 70.1 Å². The van der Waals surface area contributed by atoms with Gasteiger partial charge in [0, 0.05) is 7.05 Å². The monoisotopic (exact) mass is 355 g/mol. The predicted octanol–water partition coefficient (Wildman–Crippen LogP) is 4.41. The number of hydrogen-bond donors (Lipinski definition) is 0. The molecular formula is C19H17NO2S2. The quantitative estimate of drug-likeness (QED) is 0.600. The van der Waals surface area contributed by atoms with E-state index in [1.807, 2.05) is 30.3 Å². The van der Waals surface area contributed by atoms with E-state index < -0.39 is 0 Å². The molecule has 1 aliphatic rings. The normalized spacial score (nSPS) is 16.1. The van der Waals surface area contributed by atoms with Crippen molar-refractivity contribution in [3.63, 3.8) is 0 Å². The number of carbonyl (C=O) groups excluding carboxylic acids is 1. The molecule has 0 radical (unpaired) electrons. The van der Waals surface area contributed by atoms with E-state index in [4.69, 9.17) is 17.0 Å². The molecule has 1 amide bonds. The molecule has 3 rings (SSSR count). The minimum Gasteiger partial charge on any atom is -0.489 e. The molecule has 5 heteroatoms. The molecule has 1 fully saturated rings. The van der Waals surface area contributed by atoms with E-state index in [0.29, 0.717) is 15.8 Å². The minimum atomic E-state index is -0.0593. The van der Waals surface area contributed by atoms with Gasteiger partial charge in [0.2, 0.25) is 0 Å². The number of likely N-dealkylation sites (N-methyl/N-ethyl adjacent to an activating group) is 1. The summed E-state index contributed by atoms with van der Waals surface area (Å²) in [4.78, 5) is 14.2. The maximum Gasteiger partial charge on any atom is 0.265 e. The highest BCUT2D eigenvalue weighted by molar-refractivity contribution is 8.26. The molecule has 0 aliphatic carbocycles. The number of nitrogens with zero attached hydrogens (tertiary/aromatic N) is 1. The lowest BCUT2D eigenvalue weighted by Crippen LogP contribution is -2.22. The van der Waals surface area contributed by atoms with Gasteiger partial charge >= 0.3 is 0 Å². The zero-order chi connectivity index (χ0) is 17.1. The van der Waals surface area contributed by atoms with Gasteiger partial charge in [-0.3, -0.25) is 9.69 Å². The van der Waals surface area contributed by atoms with Gasteiger partial charge in [0.25, 0.3) is 5.91 Å². The average Bonchev–Trinajstić information content (AvgIpc) is 2.82. The summed E-state index contributed by atoms with van der Waals surface area (Å²) in [6.07, 6.45) is 1.85. The lowest BCUT2D eigenvalue weighted by molar-refractivity contribution is -0.121. The predicted molar refractivity (Wildman–Crippen MR) is 103 cm³/mol. The van der Waals surface area contributed by atoms with Crippen LogP contribution in [0.4, 0.5) is 0 Å². The molecule has 24 heavy (non-hydrogen) atoms. The van der Waals surface area contributed by atoms with E-state index in [-0.39, 0.29) is 5.91 Å². The second kappa shape index (κ2) is 7.20. The van der Waals surface area contributed by atoms with Crippen molar-refractivity contribution in [1.29, 1.82) is 0 Å². The summed E-state index contributed by atoms with van der Waals surface area (Å²) in [5.74, 6) is 0.715. The Bertz CT molecular complexity index is 812. The van der Waals surface area contributed by atoms with Crippen molar-refractivity contribution in [1.82, 2.24) is 4.90 Å². The van der Waals surface area contributed by atoms with Gasteiger partial charge in [-0.2, -0.15) is 0 Å². The number of rotatable bonds is 4. The topological polar surface area (TPSA) is 29.5 Å². The molecule has 0 saturated carbocycles. The first kappa shape index (κ1) is 16.7. The van der Waals surface area contributed by atoms with Crippen LogP contribution in [0.3, 0.4) is 0 Å². The number of amides is 1. The second-order valence-electron chi connectivity index (χ2n) is 5.59. The van der Waals surface area contributed by atoms with Gasteiger partial charge in [-0.15, -0.1) is 0 Å². The number of benzene rings is 2. The third-order valence-electron chi connectivity index (χ3n) is 3.67. The van der Waals surface area contributed by atoms with E-state index in [1.54, 1.807) is 7.05 Å². The van der Waals surface area contributed by atoms with Gasteiger partial charge < -0.3 is 4.74 Å². The Morgan fingerprint density at radius 2 is 1.96 bits per heavy atom. The Hall–Kier alpha value is -2.11. The van der Waals surface area contributed by atoms with Crippen molar-refractivity contribution >= 4 is 40.3 Å². The third-order valence-corrected chi connectivity index (χ3v) is 5.15. The molecule has 1 heterocycles. The summed E-state index contributed by atoms with van der Waals surface area (Å²) in [5, 5.41) is 0. The number of hydrogen-bond acceptors (Lipinski definition) is 4. The average molecular weight is 355 g/mol. The summed E-state index contributed by atoms with van der Waals surface area (Å²) < 4.78 is 6.43. The molecule has 2 aromatic carbocycles. The van der Waals surface area contributed by atoms with Crippen molar-refractivity contribution in [2.24, 2.45) is 0 Å². The van der Waals surface area contributed by atoms with E-state index in [9.17, 15) is 4.79 Å². The SMILES string of the molecule is Cc1ccc(COc2cccc(C=C3SC(=S)N(C)C3=O)c2)cc1. The Balaban J connectivity index is 1.71. The highest BCUT2D eigenvalue weighted by Gasteiger charge is 2.28. The van der Waals surface area contributed by atoms with Crippen LogP contribution in [0.1, 0.15) is 16.7 Å². The molecule has 122 valence electrons. The fourth-order valence-corrected chi connectivity index (χ4v) is 3.42. The van der Waals surface area contributed by atoms with Crippen molar-refractivity contribution < 1.29 is 9.53 Å². The molecule has 1 aliphatic heterocycles. The molecule has 0 N–H and O–H groups in total. The first-order valence-corrected chi connectivity index (χ1v) is 8.75. The van der Waals surface area contributed by atoms with Gasteiger partial charge in [0.1, 0.15) is 16.7 Å². The van der Waals surface area contributed by atoms with Crippen LogP contribution in [0, 0.1) is 6.92 Å². The Morgan fingerprint density at radius 1 is 1.21 bits per heavy atom. The van der Waals surface area contributed by atoms with Crippen LogP contribution >= 0.6 is 24.0 Å². The lowest BCUT2D eigenvalue weighted by atomic mass is 10.1. The van der Waals surface area contributed by atoms with Gasteiger partial charge in [0.05, 0.1) is 4.91 Å². The lowest BCUT2D eigenvalue weighted by Gasteiger charge is -2.07. The van der Waals surface area contributed by atoms with Crippen LogP contribution < -0.4 is 4.74 Å². The summed E-state index contributed by atoms with van der Waals surface area (Å²) in [6.45, 7) is 2.58. The van der Waals surface area contributed by atoms with Crippen LogP contribution in [0.5, 0.6) is 5.75 Å². The third kappa shape index (κ3) is 3.86. The molecule has 2 aromatic rings. The van der Waals surface area contributed by atoms with Crippen molar-refractivity contribution in [2.75, 3.05) is 7.05 Å². The molecule has 3 nitrogen and oxygen atoms in total. The zero-order valence-corrected chi connectivity index (χ0v) is 15.1. The fraction of sp³-hybridized carbons (Fsp3) is 0.158. The Labute approximate surface area is 151 Å². The number of thiocarbonyl (C=S) groups is 1. The summed E-state index contributed by atoms with van der Waals surface area (Å²) in [6, 6.07) is 16.0. The standard InChI is InChI=1S/C19H17NO2S2/c1-13-6-8-14(9-7-13)12-22-16-5-3-4-15(10-16)11-17-18(21)20(2)19(23)24-17/h3-11H,12H2,1-2H3. The fourth-order valence-electron chi connectivity index (χ4n) is 2.24. The van der Waals surface area contributed by atoms with Gasteiger partial charge in [0.15, 0.2) is 0 Å². The molecule has 0 aromatic heterocycles. The Morgan fingerprint density at radius 3 is 2.62 bits per heavy atom. The van der Waals surface area contributed by atoms with Crippen molar-refractivity contribution in [2.45, 2.75) is 13.5 Å². The molecule has 0 spiro atoms. The second-order valence-corrected chi connectivity index (χ2v) is 7.26. The molecule has 1 saturated heterocycles. The number of carbonyl (C=O) groups is 1. The Kier molecular flexibility index (Phi) is 5.02. The van der Waals surface area contributed by atoms with Crippen LogP contribution in [-0.4, -0.2) is 22.2 Å². The number of aryl methyl sites for hydroxylation is 1. The van der Waals surface area contributed by atoms with Crippen LogP contribution in [0.25, 0.3) is 6.08 Å².